The molecule has 5 rings (SSSR count). The lowest BCUT2D eigenvalue weighted by Gasteiger charge is -2.29. The summed E-state index contributed by atoms with van der Waals surface area (Å²) >= 11 is 0. The number of hydrogen-bond acceptors (Lipinski definition) is 6. The predicted octanol–water partition coefficient (Wildman–Crippen LogP) is 4.21. The maximum atomic E-state index is 14.9. The van der Waals surface area contributed by atoms with Crippen molar-refractivity contribution >= 4 is 16.7 Å². The number of aromatic nitrogens is 2. The molecule has 2 aliphatic heterocycles. The maximum absolute atomic E-state index is 14.9. The molecule has 0 amide bonds. The average Bonchev–Trinajstić information content (AvgIpc) is 3.41. The first-order valence-electron chi connectivity index (χ1n) is 13.0. The minimum absolute atomic E-state index is 0.0965. The first kappa shape index (κ1) is 25.7. The highest BCUT2D eigenvalue weighted by Crippen LogP contribution is 2.27. The van der Waals surface area contributed by atoms with Crippen LogP contribution in [-0.2, 0) is 15.9 Å². The fraction of sp³-hybridized carbons (Fsp3) is 0.483. The van der Waals surface area contributed by atoms with Crippen LogP contribution in [0.2, 0.25) is 0 Å². The van der Waals surface area contributed by atoms with Crippen LogP contribution < -0.4 is 5.56 Å². The second-order valence-electron chi connectivity index (χ2n) is 10.2. The predicted molar refractivity (Wildman–Crippen MR) is 138 cm³/mol. The van der Waals surface area contributed by atoms with Crippen molar-refractivity contribution in [3.63, 3.8) is 0 Å². The largest absolute Gasteiger partial charge is 0.389 e. The van der Waals surface area contributed by atoms with Crippen molar-refractivity contribution in [2.75, 3.05) is 19.8 Å². The number of halogens is 1. The van der Waals surface area contributed by atoms with E-state index in [9.17, 15) is 19.1 Å². The number of carbonyl (C=O) groups is 1. The summed E-state index contributed by atoms with van der Waals surface area (Å²) in [5.41, 5.74) is 4.02. The van der Waals surface area contributed by atoms with E-state index in [4.69, 9.17) is 9.47 Å². The fourth-order valence-corrected chi connectivity index (χ4v) is 5.48. The Hall–Kier alpha value is -2.94. The molecule has 196 valence electrons. The van der Waals surface area contributed by atoms with Crippen LogP contribution in [0.4, 0.5) is 4.39 Å². The molecule has 1 N–H and O–H groups in total. The molecule has 3 aromatic rings. The lowest BCUT2D eigenvalue weighted by Crippen LogP contribution is -2.39. The van der Waals surface area contributed by atoms with Gasteiger partial charge in [0.25, 0.3) is 5.56 Å². The Morgan fingerprint density at radius 3 is 2.76 bits per heavy atom. The molecular formula is C29H33FN2O5. The van der Waals surface area contributed by atoms with Crippen molar-refractivity contribution in [1.82, 2.24) is 9.55 Å². The Morgan fingerprint density at radius 1 is 1.19 bits per heavy atom. The monoisotopic (exact) mass is 508 g/mol. The lowest BCUT2D eigenvalue weighted by atomic mass is 9.93. The van der Waals surface area contributed by atoms with Crippen molar-refractivity contribution < 1.29 is 23.8 Å². The molecule has 2 fully saturated rings. The molecule has 3 heterocycles. The lowest BCUT2D eigenvalue weighted by molar-refractivity contribution is -0.0395. The van der Waals surface area contributed by atoms with Crippen LogP contribution in [0, 0.1) is 19.7 Å². The first-order chi connectivity index (χ1) is 17.8. The highest BCUT2D eigenvalue weighted by molar-refractivity contribution is 5.96. The highest BCUT2D eigenvalue weighted by atomic mass is 19.1. The molecule has 0 bridgehead atoms. The molecule has 8 heteroatoms. The molecule has 1 aromatic heterocycles. The van der Waals surface area contributed by atoms with Gasteiger partial charge in [0.15, 0.2) is 5.78 Å². The third kappa shape index (κ3) is 5.23. The van der Waals surface area contributed by atoms with Crippen LogP contribution in [0.15, 0.2) is 35.4 Å². The van der Waals surface area contributed by atoms with Gasteiger partial charge in [-0.2, -0.15) is 0 Å². The van der Waals surface area contributed by atoms with Crippen LogP contribution >= 0.6 is 0 Å². The average molecular weight is 509 g/mol. The molecular weight excluding hydrogens is 475 g/mol. The number of aliphatic hydroxyl groups is 1. The van der Waals surface area contributed by atoms with Crippen molar-refractivity contribution in [2.45, 2.75) is 70.6 Å². The second-order valence-corrected chi connectivity index (χ2v) is 10.2. The zero-order chi connectivity index (χ0) is 26.1. The molecule has 0 spiro atoms. The van der Waals surface area contributed by atoms with Crippen LogP contribution in [0.25, 0.3) is 10.9 Å². The summed E-state index contributed by atoms with van der Waals surface area (Å²) in [5, 5.41) is 10.8. The van der Waals surface area contributed by atoms with Gasteiger partial charge in [-0.3, -0.25) is 14.2 Å². The summed E-state index contributed by atoms with van der Waals surface area (Å²) in [7, 11) is 0. The number of carbonyl (C=O) groups excluding carboxylic acids is 1. The van der Waals surface area contributed by atoms with Gasteiger partial charge < -0.3 is 14.6 Å². The van der Waals surface area contributed by atoms with Crippen LogP contribution in [-0.4, -0.2) is 52.5 Å². The molecule has 2 aromatic carbocycles. The maximum Gasteiger partial charge on any atom is 0.261 e. The number of aryl methyl sites for hydroxylation is 1. The van der Waals surface area contributed by atoms with Crippen LogP contribution in [0.5, 0.6) is 0 Å². The quantitative estimate of drug-likeness (QED) is 0.481. The van der Waals surface area contributed by atoms with E-state index in [1.165, 1.54) is 17.0 Å². The normalized spacial score (nSPS) is 22.0. The van der Waals surface area contributed by atoms with E-state index < -0.39 is 11.9 Å². The number of benzene rings is 2. The van der Waals surface area contributed by atoms with Gasteiger partial charge in [-0.05, 0) is 86.4 Å². The van der Waals surface area contributed by atoms with E-state index in [1.54, 1.807) is 12.1 Å². The van der Waals surface area contributed by atoms with Crippen molar-refractivity contribution in [3.05, 3.63) is 74.6 Å². The van der Waals surface area contributed by atoms with Crippen LogP contribution in [0.3, 0.4) is 0 Å². The summed E-state index contributed by atoms with van der Waals surface area (Å²) < 4.78 is 27.3. The SMILES string of the molecule is Cc1c(Cc2ccc(C(=O)CC[C@@H]3CCCO3)c(F)c2)cc2c(=O)n([C@H]3CCOC[C@@H]3O)cnc2c1C. The Labute approximate surface area is 215 Å². The molecule has 0 aliphatic carbocycles. The van der Waals surface area contributed by atoms with E-state index >= 15 is 0 Å². The standard InChI is InChI=1S/C29H33FN2O5/c1-17-18(2)28-23(29(35)32(16-31-28)25-9-11-36-15-27(25)34)14-20(17)12-19-5-7-22(24(30)13-19)26(33)8-6-21-4-3-10-37-21/h5,7,13-14,16,21,25,27,34H,3-4,6,8-12,15H2,1-2H3/t21-,25-,27-/m0/s1. The Kier molecular flexibility index (Phi) is 7.51. The van der Waals surface area contributed by atoms with Gasteiger partial charge in [-0.1, -0.05) is 6.07 Å². The van der Waals surface area contributed by atoms with Gasteiger partial charge in [-0.15, -0.1) is 0 Å². The van der Waals surface area contributed by atoms with E-state index in [-0.39, 0.29) is 42.1 Å². The van der Waals surface area contributed by atoms with Crippen molar-refractivity contribution in [2.24, 2.45) is 0 Å². The number of hydrogen-bond donors (Lipinski definition) is 1. The summed E-state index contributed by atoms with van der Waals surface area (Å²) in [5.74, 6) is -0.735. The minimum Gasteiger partial charge on any atom is -0.389 e. The van der Waals surface area contributed by atoms with Crippen LogP contribution in [0.1, 0.15) is 70.8 Å². The number of rotatable bonds is 7. The number of ketones is 1. The second kappa shape index (κ2) is 10.8. The summed E-state index contributed by atoms with van der Waals surface area (Å²) in [4.78, 5) is 30.6. The summed E-state index contributed by atoms with van der Waals surface area (Å²) in [6.07, 6.45) is 4.64. The van der Waals surface area contributed by atoms with Gasteiger partial charge in [0.2, 0.25) is 0 Å². The van der Waals surface area contributed by atoms with Gasteiger partial charge in [0.1, 0.15) is 5.82 Å². The third-order valence-corrected chi connectivity index (χ3v) is 7.84. The Morgan fingerprint density at radius 2 is 2.03 bits per heavy atom. The molecule has 2 saturated heterocycles. The molecule has 37 heavy (non-hydrogen) atoms. The summed E-state index contributed by atoms with van der Waals surface area (Å²) in [6.45, 7) is 5.29. The summed E-state index contributed by atoms with van der Waals surface area (Å²) in [6, 6.07) is 6.20. The molecule has 0 radical (unpaired) electrons. The molecule has 0 saturated carbocycles. The molecule has 2 aliphatic rings. The Balaban J connectivity index is 1.40. The van der Waals surface area contributed by atoms with E-state index in [2.05, 4.69) is 4.98 Å². The van der Waals surface area contributed by atoms with Crippen molar-refractivity contribution in [1.29, 1.82) is 0 Å². The molecule has 3 atom stereocenters. The number of aliphatic hydroxyl groups excluding tert-OH is 1. The van der Waals surface area contributed by atoms with E-state index in [0.29, 0.717) is 36.8 Å². The van der Waals surface area contributed by atoms with Gasteiger partial charge in [0.05, 0.1) is 47.7 Å². The van der Waals surface area contributed by atoms with E-state index in [1.807, 2.05) is 19.9 Å². The first-order valence-corrected chi connectivity index (χ1v) is 13.0. The zero-order valence-corrected chi connectivity index (χ0v) is 21.3. The highest BCUT2D eigenvalue weighted by Gasteiger charge is 2.27. The number of fused-ring (bicyclic) bond motifs is 1. The number of Topliss-reactive ketones (excluding diaryl/α,β-unsaturated/α-hetero) is 1. The molecule has 0 unspecified atom stereocenters. The van der Waals surface area contributed by atoms with E-state index in [0.717, 1.165) is 41.7 Å². The zero-order valence-electron chi connectivity index (χ0n) is 21.3. The van der Waals surface area contributed by atoms with Crippen molar-refractivity contribution in [3.8, 4) is 0 Å². The molecule has 7 nitrogen and oxygen atoms in total. The number of ether oxygens (including phenoxy) is 2. The third-order valence-electron chi connectivity index (χ3n) is 7.84. The van der Waals surface area contributed by atoms with Gasteiger partial charge in [-0.25, -0.2) is 9.37 Å². The van der Waals surface area contributed by atoms with Gasteiger partial charge in [0, 0.05) is 19.6 Å². The van der Waals surface area contributed by atoms with Gasteiger partial charge >= 0.3 is 0 Å². The topological polar surface area (TPSA) is 90.7 Å². The number of nitrogens with zero attached hydrogens (tertiary/aromatic N) is 2. The smallest absolute Gasteiger partial charge is 0.261 e. The minimum atomic E-state index is -0.772. The Bertz CT molecular complexity index is 1380. The fourth-order valence-electron chi connectivity index (χ4n) is 5.48.